The molecule has 2 rings (SSSR count). The van der Waals surface area contributed by atoms with Crippen molar-refractivity contribution in [1.82, 2.24) is 0 Å². The lowest BCUT2D eigenvalue weighted by molar-refractivity contribution is -0.189. The van der Waals surface area contributed by atoms with Crippen molar-refractivity contribution in [2.24, 2.45) is 0 Å². The van der Waals surface area contributed by atoms with Crippen molar-refractivity contribution in [2.75, 3.05) is 6.61 Å². The fraction of sp³-hybridized carbons (Fsp3) is 0.760. The molecule has 0 bridgehead atoms. The van der Waals surface area contributed by atoms with Gasteiger partial charge in [0.05, 0.1) is 6.61 Å². The van der Waals surface area contributed by atoms with E-state index in [1.165, 1.54) is 10.5 Å². The minimum atomic E-state index is -1.92. The quantitative estimate of drug-likeness (QED) is 0.258. The third-order valence-corrected chi connectivity index (χ3v) is 10.1. The first-order valence-electron chi connectivity index (χ1n) is 12.8. The number of ether oxygens (including phenoxy) is 1. The zero-order valence-electron chi connectivity index (χ0n) is 24.4. The van der Waals surface area contributed by atoms with Crippen LogP contribution in [0.2, 0.25) is 78.6 Å². The van der Waals surface area contributed by atoms with E-state index in [0.717, 1.165) is 0 Å². The maximum absolute atomic E-state index is 6.94. The second kappa shape index (κ2) is 12.0. The van der Waals surface area contributed by atoms with E-state index in [9.17, 15) is 0 Å². The summed E-state index contributed by atoms with van der Waals surface area (Å²) >= 11 is 1.73. The number of thioether (sulfide) groups is 1. The largest absolute Gasteiger partial charge is 0.415 e. The van der Waals surface area contributed by atoms with Gasteiger partial charge >= 0.3 is 0 Å². The predicted molar refractivity (Wildman–Crippen MR) is 160 cm³/mol. The van der Waals surface area contributed by atoms with E-state index < -0.39 is 33.3 Å². The molecule has 0 radical (unpaired) electrons. The number of rotatable bonds is 11. The lowest BCUT2D eigenvalue weighted by Crippen LogP contribution is -2.65. The van der Waals surface area contributed by atoms with Gasteiger partial charge in [-0.1, -0.05) is 29.5 Å². The van der Waals surface area contributed by atoms with Crippen LogP contribution in [-0.4, -0.2) is 69.7 Å². The van der Waals surface area contributed by atoms with Crippen molar-refractivity contribution in [1.29, 1.82) is 0 Å². The van der Waals surface area contributed by atoms with E-state index in [1.807, 2.05) is 0 Å². The summed E-state index contributed by atoms with van der Waals surface area (Å²) in [6.45, 7) is 29.4. The second-order valence-electron chi connectivity index (χ2n) is 13.5. The van der Waals surface area contributed by atoms with Crippen LogP contribution in [0.1, 0.15) is 5.56 Å². The van der Waals surface area contributed by atoms with Crippen LogP contribution in [0.4, 0.5) is 0 Å². The van der Waals surface area contributed by atoms with Crippen LogP contribution >= 0.6 is 11.8 Å². The summed E-state index contributed by atoms with van der Waals surface area (Å²) < 4.78 is 33.9. The van der Waals surface area contributed by atoms with Gasteiger partial charge in [-0.25, -0.2) is 0 Å². The Kier molecular flexibility index (Phi) is 10.7. The van der Waals surface area contributed by atoms with Crippen molar-refractivity contribution in [3.05, 3.63) is 29.8 Å². The lowest BCUT2D eigenvalue weighted by atomic mass is 10.0. The van der Waals surface area contributed by atoms with E-state index >= 15 is 0 Å². The first-order valence-corrected chi connectivity index (χ1v) is 27.3. The summed E-state index contributed by atoms with van der Waals surface area (Å²) in [5.74, 6) is 0. The maximum Gasteiger partial charge on any atom is 0.184 e. The molecule has 1 aliphatic heterocycles. The summed E-state index contributed by atoms with van der Waals surface area (Å²) in [6.07, 6.45) is -0.851. The lowest BCUT2D eigenvalue weighted by Gasteiger charge is -2.51. The van der Waals surface area contributed by atoms with Crippen LogP contribution in [-0.2, 0) is 22.4 Å². The van der Waals surface area contributed by atoms with Crippen LogP contribution in [0.5, 0.6) is 0 Å². The van der Waals surface area contributed by atoms with Crippen molar-refractivity contribution >= 4 is 45.0 Å². The zero-order valence-corrected chi connectivity index (χ0v) is 29.2. The van der Waals surface area contributed by atoms with Crippen LogP contribution in [0.25, 0.3) is 0 Å². The number of benzene rings is 1. The fourth-order valence-corrected chi connectivity index (χ4v) is 8.95. The molecule has 5 atom stereocenters. The molecule has 1 aliphatic rings. The predicted octanol–water partition coefficient (Wildman–Crippen LogP) is 7.32. The Morgan fingerprint density at radius 2 is 1.11 bits per heavy atom. The summed E-state index contributed by atoms with van der Waals surface area (Å²) in [4.78, 5) is 1.17. The minimum absolute atomic E-state index is 0.202. The number of hydrogen-bond acceptors (Lipinski definition) is 6. The van der Waals surface area contributed by atoms with Gasteiger partial charge in [0.1, 0.15) is 29.9 Å². The maximum atomic E-state index is 6.94. The van der Waals surface area contributed by atoms with Gasteiger partial charge in [0.2, 0.25) is 0 Å². The van der Waals surface area contributed by atoms with E-state index in [4.69, 9.17) is 22.4 Å². The molecular formula is C25H50O5SSi4. The highest BCUT2D eigenvalue weighted by Crippen LogP contribution is 2.40. The number of hydrogen-bond donors (Lipinski definition) is 0. The molecule has 10 heteroatoms. The Morgan fingerprint density at radius 3 is 1.57 bits per heavy atom. The molecule has 0 aromatic heterocycles. The zero-order chi connectivity index (χ0) is 26.8. The fourth-order valence-electron chi connectivity index (χ4n) is 3.82. The van der Waals surface area contributed by atoms with Crippen LogP contribution in [0, 0.1) is 6.92 Å². The first-order chi connectivity index (χ1) is 15.7. The van der Waals surface area contributed by atoms with Crippen LogP contribution in [0.15, 0.2) is 29.2 Å². The molecule has 0 aliphatic carbocycles. The number of aryl methyl sites for hydroxylation is 1. The smallest absolute Gasteiger partial charge is 0.184 e. The average molecular weight is 575 g/mol. The molecule has 1 heterocycles. The molecule has 1 aromatic carbocycles. The minimum Gasteiger partial charge on any atom is -0.415 e. The van der Waals surface area contributed by atoms with E-state index in [2.05, 4.69) is 110 Å². The summed E-state index contributed by atoms with van der Waals surface area (Å²) in [7, 11) is -7.49. The van der Waals surface area contributed by atoms with Gasteiger partial charge in [-0.05, 0) is 97.6 Å². The van der Waals surface area contributed by atoms with Crippen molar-refractivity contribution in [3.63, 3.8) is 0 Å². The Labute approximate surface area is 223 Å². The topological polar surface area (TPSA) is 46.2 Å². The second-order valence-corrected chi connectivity index (χ2v) is 32.5. The summed E-state index contributed by atoms with van der Waals surface area (Å²) in [6, 6.07) is 8.64. The first kappa shape index (κ1) is 31.5. The summed E-state index contributed by atoms with van der Waals surface area (Å²) in [5.41, 5.74) is 1.04. The Bertz CT molecular complexity index is 797. The molecule has 0 amide bonds. The molecule has 5 nitrogen and oxygen atoms in total. The average Bonchev–Trinajstić information content (AvgIpc) is 2.63. The third-order valence-electron chi connectivity index (χ3n) is 5.01. The summed E-state index contributed by atoms with van der Waals surface area (Å²) in [5, 5.41) is 0. The van der Waals surface area contributed by atoms with Crippen LogP contribution in [0.3, 0.4) is 0 Å². The highest BCUT2D eigenvalue weighted by atomic mass is 32.2. The van der Waals surface area contributed by atoms with Gasteiger partial charge < -0.3 is 22.4 Å². The van der Waals surface area contributed by atoms with Gasteiger partial charge in [-0.2, -0.15) is 0 Å². The van der Waals surface area contributed by atoms with Gasteiger partial charge in [-0.3, -0.25) is 0 Å². The van der Waals surface area contributed by atoms with Crippen LogP contribution < -0.4 is 0 Å². The highest BCUT2D eigenvalue weighted by molar-refractivity contribution is 7.99. The SMILES string of the molecule is Cc1ccc(SC2O[C@H](CO[Si](C)(C)C)[C@@H](O[Si](C)(C)C)[C@H](O[Si](C)(C)C)[C@H]2O[Si](C)(C)C)cc1. The van der Waals surface area contributed by atoms with Crippen molar-refractivity contribution in [2.45, 2.75) is 120 Å². The Morgan fingerprint density at radius 1 is 0.657 bits per heavy atom. The molecular weight excluding hydrogens is 525 g/mol. The molecule has 0 N–H and O–H groups in total. The molecule has 1 fully saturated rings. The Hall–Kier alpha value is 0.238. The molecule has 0 spiro atoms. The Balaban J connectivity index is 2.54. The molecule has 35 heavy (non-hydrogen) atoms. The standard InChI is InChI=1S/C25H50O5SSi4/c1-19-14-16-20(17-15-19)31-25-24(30-35(11,12)13)23(29-34(8,9)10)22(28-33(5,6)7)21(27-25)18-26-32(2,3)4/h14-17,21-25H,18H2,1-13H3/t21-,22-,23+,24-,25?/m1/s1. The van der Waals surface area contributed by atoms with Gasteiger partial charge in [0.25, 0.3) is 0 Å². The van der Waals surface area contributed by atoms with Crippen molar-refractivity contribution in [3.8, 4) is 0 Å². The van der Waals surface area contributed by atoms with Crippen molar-refractivity contribution < 1.29 is 22.4 Å². The van der Waals surface area contributed by atoms with Gasteiger partial charge in [-0.15, -0.1) is 0 Å². The van der Waals surface area contributed by atoms with E-state index in [-0.39, 0.29) is 29.9 Å². The normalized spacial score (nSPS) is 26.7. The highest BCUT2D eigenvalue weighted by Gasteiger charge is 2.51. The third kappa shape index (κ3) is 11.7. The van der Waals surface area contributed by atoms with E-state index in [1.54, 1.807) is 11.8 Å². The molecule has 202 valence electrons. The molecule has 1 aromatic rings. The van der Waals surface area contributed by atoms with Gasteiger partial charge in [0, 0.05) is 4.90 Å². The van der Waals surface area contributed by atoms with Gasteiger partial charge in [0.15, 0.2) is 33.3 Å². The monoisotopic (exact) mass is 574 g/mol. The molecule has 1 saturated heterocycles. The molecule has 0 saturated carbocycles. The van der Waals surface area contributed by atoms with E-state index in [0.29, 0.717) is 6.61 Å². The molecule has 1 unspecified atom stereocenters.